The van der Waals surface area contributed by atoms with Crippen LogP contribution in [0.4, 0.5) is 0 Å². The third-order valence-electron chi connectivity index (χ3n) is 2.56. The Bertz CT molecular complexity index is 208. The highest BCUT2D eigenvalue weighted by atomic mass is 16.5. The van der Waals surface area contributed by atoms with Crippen molar-refractivity contribution in [2.24, 2.45) is 11.5 Å². The molecule has 0 saturated heterocycles. The highest BCUT2D eigenvalue weighted by Crippen LogP contribution is 2.07. The molecule has 0 heterocycles. The van der Waals surface area contributed by atoms with Gasteiger partial charge in [-0.15, -0.1) is 0 Å². The first-order valence-electron chi connectivity index (χ1n) is 6.25. The van der Waals surface area contributed by atoms with Crippen molar-refractivity contribution >= 4 is 5.91 Å². The zero-order valence-corrected chi connectivity index (χ0v) is 11.0. The smallest absolute Gasteiger partial charge is 0.237 e. The number of amides is 1. The average Bonchev–Trinajstić information content (AvgIpc) is 2.26. The van der Waals surface area contributed by atoms with Crippen molar-refractivity contribution in [3.63, 3.8) is 0 Å². The van der Waals surface area contributed by atoms with Gasteiger partial charge < -0.3 is 20.9 Å². The molecule has 17 heavy (non-hydrogen) atoms. The van der Waals surface area contributed by atoms with Crippen LogP contribution in [-0.2, 0) is 14.3 Å². The lowest BCUT2D eigenvalue weighted by molar-refractivity contribution is -0.122. The molecule has 0 aliphatic heterocycles. The molecule has 1 atom stereocenters. The van der Waals surface area contributed by atoms with E-state index in [1.54, 1.807) is 6.92 Å². The summed E-state index contributed by atoms with van der Waals surface area (Å²) in [6.45, 7) is 6.35. The van der Waals surface area contributed by atoms with E-state index >= 15 is 0 Å². The number of unbranched alkanes of at least 4 members (excludes halogenated alkanes) is 1. The van der Waals surface area contributed by atoms with Gasteiger partial charge in [-0.2, -0.15) is 0 Å². The molecule has 5 heteroatoms. The molecule has 4 N–H and O–H groups in total. The molecule has 0 spiro atoms. The summed E-state index contributed by atoms with van der Waals surface area (Å²) >= 11 is 0. The summed E-state index contributed by atoms with van der Waals surface area (Å²) in [5.41, 5.74) is 9.93. The second-order valence-corrected chi connectivity index (χ2v) is 4.46. The highest BCUT2D eigenvalue weighted by Gasteiger charge is 2.24. The lowest BCUT2D eigenvalue weighted by Crippen LogP contribution is -2.49. The van der Waals surface area contributed by atoms with Crippen LogP contribution in [0, 0.1) is 0 Å². The normalized spacial score (nSPS) is 14.5. The van der Waals surface area contributed by atoms with Crippen molar-refractivity contribution in [1.29, 1.82) is 0 Å². The Morgan fingerprint density at radius 3 is 2.12 bits per heavy atom. The fraction of sp³-hybridized carbons (Fsp3) is 0.917. The molecule has 102 valence electrons. The van der Waals surface area contributed by atoms with Crippen LogP contribution >= 0.6 is 0 Å². The van der Waals surface area contributed by atoms with Gasteiger partial charge in [0.2, 0.25) is 5.91 Å². The number of rotatable bonds is 11. The zero-order chi connectivity index (χ0) is 13.1. The summed E-state index contributed by atoms with van der Waals surface area (Å²) in [5, 5.41) is 0. The molecule has 0 aromatic carbocycles. The van der Waals surface area contributed by atoms with E-state index in [9.17, 15) is 4.79 Å². The summed E-state index contributed by atoms with van der Waals surface area (Å²) in [7, 11) is 0. The number of hydrogen-bond donors (Lipinski definition) is 2. The number of carbonyl (C=O) groups excluding carboxylic acids is 1. The lowest BCUT2D eigenvalue weighted by atomic mass is 9.97. The van der Waals surface area contributed by atoms with Crippen molar-refractivity contribution in [3.05, 3.63) is 0 Å². The Hall–Kier alpha value is -0.650. The van der Waals surface area contributed by atoms with E-state index in [0.29, 0.717) is 26.2 Å². The van der Waals surface area contributed by atoms with Gasteiger partial charge in [-0.3, -0.25) is 4.79 Å². The maximum Gasteiger partial charge on any atom is 0.237 e. The van der Waals surface area contributed by atoms with E-state index in [1.165, 1.54) is 0 Å². The fourth-order valence-corrected chi connectivity index (χ4v) is 1.23. The van der Waals surface area contributed by atoms with E-state index in [-0.39, 0.29) is 0 Å². The fourth-order valence-electron chi connectivity index (χ4n) is 1.23. The molecule has 5 nitrogen and oxygen atoms in total. The second-order valence-electron chi connectivity index (χ2n) is 4.46. The molecular formula is C12H26N2O3. The molecule has 0 bridgehead atoms. The van der Waals surface area contributed by atoms with Crippen LogP contribution in [0.25, 0.3) is 0 Å². The molecule has 0 fully saturated rings. The van der Waals surface area contributed by atoms with Crippen molar-refractivity contribution in [1.82, 2.24) is 0 Å². The molecular weight excluding hydrogens is 220 g/mol. The quantitative estimate of drug-likeness (QED) is 0.528. The topological polar surface area (TPSA) is 87.6 Å². The summed E-state index contributed by atoms with van der Waals surface area (Å²) in [5.74, 6) is -0.472. The number of nitrogens with two attached hydrogens (primary N) is 2. The molecule has 1 amide bonds. The van der Waals surface area contributed by atoms with Crippen LogP contribution in [0.1, 0.15) is 39.5 Å². The van der Waals surface area contributed by atoms with E-state index in [2.05, 4.69) is 6.92 Å². The number of primary amides is 1. The summed E-state index contributed by atoms with van der Waals surface area (Å²) in [6.07, 6.45) is 3.50. The summed E-state index contributed by atoms with van der Waals surface area (Å²) in [6, 6.07) is 0. The molecule has 0 aliphatic rings. The average molecular weight is 246 g/mol. The van der Waals surface area contributed by atoms with Crippen molar-refractivity contribution in [2.75, 3.05) is 26.4 Å². The number of ether oxygens (including phenoxy) is 2. The van der Waals surface area contributed by atoms with Gasteiger partial charge >= 0.3 is 0 Å². The molecule has 0 radical (unpaired) electrons. The Morgan fingerprint density at radius 2 is 1.65 bits per heavy atom. The second kappa shape index (κ2) is 9.39. The van der Waals surface area contributed by atoms with Crippen LogP contribution in [0.5, 0.6) is 0 Å². The van der Waals surface area contributed by atoms with Crippen molar-refractivity contribution < 1.29 is 14.3 Å². The van der Waals surface area contributed by atoms with Crippen LogP contribution in [0.2, 0.25) is 0 Å². The van der Waals surface area contributed by atoms with Gasteiger partial charge in [-0.25, -0.2) is 0 Å². The van der Waals surface area contributed by atoms with Gasteiger partial charge in [-0.05, 0) is 26.2 Å². The molecule has 0 aromatic rings. The highest BCUT2D eigenvalue weighted by molar-refractivity contribution is 5.83. The maximum absolute atomic E-state index is 10.9. The minimum absolute atomic E-state index is 0.472. The zero-order valence-electron chi connectivity index (χ0n) is 11.0. The number of carbonyl (C=O) groups is 1. The third kappa shape index (κ3) is 9.09. The van der Waals surface area contributed by atoms with Crippen molar-refractivity contribution in [3.8, 4) is 0 Å². The molecule has 0 aromatic heterocycles. The van der Waals surface area contributed by atoms with Gasteiger partial charge in [0.05, 0.1) is 18.8 Å². The Morgan fingerprint density at radius 1 is 1.12 bits per heavy atom. The van der Waals surface area contributed by atoms with E-state index in [4.69, 9.17) is 20.9 Å². The summed E-state index contributed by atoms with van der Waals surface area (Å²) in [4.78, 5) is 10.9. The van der Waals surface area contributed by atoms with Gasteiger partial charge in [0.1, 0.15) is 0 Å². The molecule has 0 rings (SSSR count). The minimum Gasteiger partial charge on any atom is -0.379 e. The first kappa shape index (κ1) is 16.4. The SMILES string of the molecule is CCCCOCCOCCCC(C)(N)C(N)=O. The van der Waals surface area contributed by atoms with Gasteiger partial charge in [0.15, 0.2) is 0 Å². The Kier molecular flexibility index (Phi) is 9.03. The molecule has 1 unspecified atom stereocenters. The predicted octanol–water partition coefficient (Wildman–Crippen LogP) is 0.803. The first-order valence-corrected chi connectivity index (χ1v) is 6.25. The van der Waals surface area contributed by atoms with E-state index < -0.39 is 11.4 Å². The van der Waals surface area contributed by atoms with Crippen LogP contribution < -0.4 is 11.5 Å². The monoisotopic (exact) mass is 246 g/mol. The molecule has 0 saturated carbocycles. The van der Waals surface area contributed by atoms with Crippen molar-refractivity contribution in [2.45, 2.75) is 45.1 Å². The minimum atomic E-state index is -0.930. The Balaban J connectivity index is 3.27. The van der Waals surface area contributed by atoms with Gasteiger partial charge in [0, 0.05) is 13.2 Å². The standard InChI is InChI=1S/C12H26N2O3/c1-3-4-7-16-9-10-17-8-5-6-12(2,14)11(13)15/h3-10,14H2,1-2H3,(H2,13,15). The largest absolute Gasteiger partial charge is 0.379 e. The third-order valence-corrected chi connectivity index (χ3v) is 2.56. The van der Waals surface area contributed by atoms with Crippen LogP contribution in [0.15, 0.2) is 0 Å². The maximum atomic E-state index is 10.9. The predicted molar refractivity (Wildman–Crippen MR) is 67.6 cm³/mol. The Labute approximate surface area is 104 Å². The number of hydrogen-bond acceptors (Lipinski definition) is 4. The van der Waals surface area contributed by atoms with E-state index in [1.807, 2.05) is 0 Å². The lowest BCUT2D eigenvalue weighted by Gasteiger charge is -2.19. The van der Waals surface area contributed by atoms with Gasteiger partial charge in [-0.1, -0.05) is 13.3 Å². The van der Waals surface area contributed by atoms with E-state index in [0.717, 1.165) is 25.9 Å². The first-order chi connectivity index (χ1) is 8.00. The molecule has 0 aliphatic carbocycles. The van der Waals surface area contributed by atoms with Crippen LogP contribution in [-0.4, -0.2) is 37.9 Å². The summed E-state index contributed by atoms with van der Waals surface area (Å²) < 4.78 is 10.7. The van der Waals surface area contributed by atoms with Crippen LogP contribution in [0.3, 0.4) is 0 Å². The van der Waals surface area contributed by atoms with Gasteiger partial charge in [0.25, 0.3) is 0 Å².